The number of benzene rings is 3. The van der Waals surface area contributed by atoms with Crippen LogP contribution >= 0.6 is 15.9 Å². The number of aryl methyl sites for hydroxylation is 2. The van der Waals surface area contributed by atoms with Crippen LogP contribution in [0.4, 0.5) is 17.1 Å². The molecule has 0 unspecified atom stereocenters. The number of rotatable bonds is 6. The minimum atomic E-state index is -0.717. The first-order chi connectivity index (χ1) is 14.2. The number of aliphatic imine (C=N–C) groups is 1. The predicted octanol–water partition coefficient (Wildman–Crippen LogP) is 6.43. The Morgan fingerprint density at radius 1 is 0.933 bits per heavy atom. The summed E-state index contributed by atoms with van der Waals surface area (Å²) >= 11 is 3.40. The van der Waals surface area contributed by atoms with Gasteiger partial charge in [0.1, 0.15) is 5.75 Å². The maximum atomic E-state index is 11.4. The van der Waals surface area contributed by atoms with Gasteiger partial charge in [0.05, 0.1) is 21.6 Å². The smallest absolute Gasteiger partial charge is 0.318 e. The molecule has 0 aliphatic carbocycles. The van der Waals surface area contributed by atoms with E-state index in [-0.39, 0.29) is 11.4 Å². The molecule has 0 saturated carbocycles. The van der Waals surface area contributed by atoms with Crippen molar-refractivity contribution >= 4 is 39.2 Å². The quantitative estimate of drug-likeness (QED) is 0.235. The van der Waals surface area contributed by atoms with Crippen LogP contribution in [0.15, 0.2) is 64.1 Å². The van der Waals surface area contributed by atoms with E-state index in [4.69, 9.17) is 4.74 Å². The molecule has 0 aromatic heterocycles. The highest BCUT2D eigenvalue weighted by atomic mass is 79.9. The van der Waals surface area contributed by atoms with E-state index in [1.807, 2.05) is 32.0 Å². The Morgan fingerprint density at radius 3 is 2.37 bits per heavy atom. The van der Waals surface area contributed by atoms with Gasteiger partial charge in [-0.1, -0.05) is 28.1 Å². The van der Waals surface area contributed by atoms with Crippen LogP contribution < -0.4 is 4.74 Å². The van der Waals surface area contributed by atoms with Gasteiger partial charge >= 0.3 is 5.69 Å². The summed E-state index contributed by atoms with van der Waals surface area (Å²) in [5, 5.41) is 22.3. The van der Waals surface area contributed by atoms with E-state index >= 15 is 0 Å². The van der Waals surface area contributed by atoms with Crippen LogP contribution in [0.5, 0.6) is 11.5 Å². The summed E-state index contributed by atoms with van der Waals surface area (Å²) in [6.07, 6.45) is 1.61. The van der Waals surface area contributed by atoms with Gasteiger partial charge in [-0.25, -0.2) is 0 Å². The van der Waals surface area contributed by atoms with Gasteiger partial charge < -0.3 is 4.74 Å². The Morgan fingerprint density at radius 2 is 1.67 bits per heavy atom. The van der Waals surface area contributed by atoms with E-state index in [2.05, 4.69) is 20.9 Å². The maximum Gasteiger partial charge on any atom is 0.318 e. The standard InChI is InChI=1S/C21H16BrN3O5/c1-13-3-4-14(2)18(9-13)23-12-15-10-16(22)5-7-20(15)30-21-8-6-17(24(26)27)11-19(21)25(28)29/h3-12H,1-2H3. The van der Waals surface area contributed by atoms with Gasteiger partial charge in [0.2, 0.25) is 5.75 Å². The molecule has 0 fully saturated rings. The molecule has 0 saturated heterocycles. The predicted molar refractivity (Wildman–Crippen MR) is 117 cm³/mol. The molecule has 3 aromatic carbocycles. The number of nitrogens with zero attached hydrogens (tertiary/aromatic N) is 3. The van der Waals surface area contributed by atoms with Crippen molar-refractivity contribution in [1.29, 1.82) is 0 Å². The molecule has 0 atom stereocenters. The summed E-state index contributed by atoms with van der Waals surface area (Å²) in [6, 6.07) is 14.3. The fraction of sp³-hybridized carbons (Fsp3) is 0.0952. The number of hydrogen-bond donors (Lipinski definition) is 0. The van der Waals surface area contributed by atoms with Crippen LogP contribution in [0.1, 0.15) is 16.7 Å². The Bertz CT molecular complexity index is 1180. The summed E-state index contributed by atoms with van der Waals surface area (Å²) in [4.78, 5) is 25.4. The second-order valence-electron chi connectivity index (χ2n) is 6.50. The van der Waals surface area contributed by atoms with Gasteiger partial charge in [-0.15, -0.1) is 0 Å². The lowest BCUT2D eigenvalue weighted by Gasteiger charge is -2.10. The monoisotopic (exact) mass is 469 g/mol. The lowest BCUT2D eigenvalue weighted by Crippen LogP contribution is -1.97. The Kier molecular flexibility index (Phi) is 6.22. The summed E-state index contributed by atoms with van der Waals surface area (Å²) < 4.78 is 6.53. The molecule has 0 radical (unpaired) electrons. The van der Waals surface area contributed by atoms with Crippen molar-refractivity contribution in [3.8, 4) is 11.5 Å². The number of nitro benzene ring substituents is 2. The molecule has 0 N–H and O–H groups in total. The summed E-state index contributed by atoms with van der Waals surface area (Å²) in [7, 11) is 0. The number of halogens is 1. The maximum absolute atomic E-state index is 11.4. The first-order valence-corrected chi connectivity index (χ1v) is 9.55. The second kappa shape index (κ2) is 8.83. The van der Waals surface area contributed by atoms with Crippen LogP contribution in [-0.2, 0) is 0 Å². The van der Waals surface area contributed by atoms with E-state index in [0.29, 0.717) is 11.3 Å². The van der Waals surface area contributed by atoms with Crippen molar-refractivity contribution < 1.29 is 14.6 Å². The van der Waals surface area contributed by atoms with Crippen LogP contribution in [0, 0.1) is 34.1 Å². The highest BCUT2D eigenvalue weighted by molar-refractivity contribution is 9.10. The van der Waals surface area contributed by atoms with Crippen LogP contribution in [-0.4, -0.2) is 16.1 Å². The minimum absolute atomic E-state index is 0.102. The zero-order valence-corrected chi connectivity index (χ0v) is 17.6. The first kappa shape index (κ1) is 21.1. The molecule has 152 valence electrons. The van der Waals surface area contributed by atoms with Gasteiger partial charge in [0.25, 0.3) is 5.69 Å². The van der Waals surface area contributed by atoms with Gasteiger partial charge in [-0.2, -0.15) is 0 Å². The van der Waals surface area contributed by atoms with Crippen LogP contribution in [0.2, 0.25) is 0 Å². The highest BCUT2D eigenvalue weighted by Gasteiger charge is 2.21. The molecule has 3 rings (SSSR count). The zero-order valence-electron chi connectivity index (χ0n) is 16.0. The van der Waals surface area contributed by atoms with Gasteiger partial charge in [-0.3, -0.25) is 25.2 Å². The summed E-state index contributed by atoms with van der Waals surface area (Å²) in [5.41, 5.74) is 2.56. The molecule has 0 heterocycles. The first-order valence-electron chi connectivity index (χ1n) is 8.76. The normalized spacial score (nSPS) is 10.9. The Labute approximate surface area is 180 Å². The number of hydrogen-bond acceptors (Lipinski definition) is 6. The molecule has 30 heavy (non-hydrogen) atoms. The molecule has 0 aliphatic rings. The van der Waals surface area contributed by atoms with E-state index in [1.54, 1.807) is 24.4 Å². The molecule has 0 bridgehead atoms. The molecular weight excluding hydrogens is 454 g/mol. The van der Waals surface area contributed by atoms with Crippen molar-refractivity contribution in [3.05, 3.63) is 96.0 Å². The zero-order chi connectivity index (χ0) is 21.8. The van der Waals surface area contributed by atoms with Gasteiger partial charge in [-0.05, 0) is 55.3 Å². The third-order valence-corrected chi connectivity index (χ3v) is 4.74. The average Bonchev–Trinajstić information content (AvgIpc) is 2.70. The fourth-order valence-electron chi connectivity index (χ4n) is 2.68. The van der Waals surface area contributed by atoms with E-state index in [1.165, 1.54) is 6.07 Å². The largest absolute Gasteiger partial charge is 0.449 e. The van der Waals surface area contributed by atoms with Crippen molar-refractivity contribution in [2.75, 3.05) is 0 Å². The fourth-order valence-corrected chi connectivity index (χ4v) is 3.06. The summed E-state index contributed by atoms with van der Waals surface area (Å²) in [5.74, 6) is 0.221. The minimum Gasteiger partial charge on any atom is -0.449 e. The second-order valence-corrected chi connectivity index (χ2v) is 7.41. The van der Waals surface area contributed by atoms with E-state index in [9.17, 15) is 20.2 Å². The number of non-ortho nitro benzene ring substituents is 1. The molecule has 9 heteroatoms. The molecule has 0 aliphatic heterocycles. The molecule has 0 amide bonds. The third kappa shape index (κ3) is 4.87. The number of nitro groups is 2. The van der Waals surface area contributed by atoms with Crippen molar-refractivity contribution in [3.63, 3.8) is 0 Å². The lowest BCUT2D eigenvalue weighted by molar-refractivity contribution is -0.394. The average molecular weight is 470 g/mol. The van der Waals surface area contributed by atoms with E-state index < -0.39 is 15.5 Å². The highest BCUT2D eigenvalue weighted by Crippen LogP contribution is 2.36. The van der Waals surface area contributed by atoms with Crippen LogP contribution in [0.25, 0.3) is 0 Å². The third-order valence-electron chi connectivity index (χ3n) is 4.25. The number of ether oxygens (including phenoxy) is 1. The SMILES string of the molecule is Cc1ccc(C)c(N=Cc2cc(Br)ccc2Oc2ccc([N+](=O)[O-])cc2[N+](=O)[O-])c1. The van der Waals surface area contributed by atoms with Crippen molar-refractivity contribution in [1.82, 2.24) is 0 Å². The Balaban J connectivity index is 2.00. The van der Waals surface area contributed by atoms with Gasteiger partial charge in [0, 0.05) is 22.3 Å². The van der Waals surface area contributed by atoms with Gasteiger partial charge in [0.15, 0.2) is 0 Å². The molecule has 8 nitrogen and oxygen atoms in total. The molecule has 0 spiro atoms. The molecule has 3 aromatic rings. The molecular formula is C21H16BrN3O5. The summed E-state index contributed by atoms with van der Waals surface area (Å²) in [6.45, 7) is 3.92. The lowest BCUT2D eigenvalue weighted by atomic mass is 10.1. The van der Waals surface area contributed by atoms with Crippen molar-refractivity contribution in [2.24, 2.45) is 4.99 Å². The van der Waals surface area contributed by atoms with Crippen LogP contribution in [0.3, 0.4) is 0 Å². The van der Waals surface area contributed by atoms with E-state index in [0.717, 1.165) is 33.4 Å². The topological polar surface area (TPSA) is 108 Å². The Hall–Kier alpha value is -3.59. The van der Waals surface area contributed by atoms with Crippen molar-refractivity contribution in [2.45, 2.75) is 13.8 Å².